The van der Waals surface area contributed by atoms with E-state index in [9.17, 15) is 0 Å². The molecule has 0 aliphatic carbocycles. The second-order valence-electron chi connectivity index (χ2n) is 4.72. The highest BCUT2D eigenvalue weighted by Gasteiger charge is 2.12. The quantitative estimate of drug-likeness (QED) is 0.718. The molecule has 0 radical (unpaired) electrons. The van der Waals surface area contributed by atoms with E-state index in [2.05, 4.69) is 34.2 Å². The van der Waals surface area contributed by atoms with Crippen LogP contribution in [0.25, 0.3) is 0 Å². The molecule has 0 saturated heterocycles. The molecule has 112 valence electrons. The maximum Gasteiger partial charge on any atom is 0.124 e. The first-order valence-corrected chi connectivity index (χ1v) is 8.09. The summed E-state index contributed by atoms with van der Waals surface area (Å²) in [6.45, 7) is 2.46. The Morgan fingerprint density at radius 2 is 1.95 bits per heavy atom. The Labute approximate surface area is 143 Å². The third kappa shape index (κ3) is 4.36. The number of nitrogens with one attached hydrogen (secondary N) is 1. The normalized spacial score (nSPS) is 12.2. The van der Waals surface area contributed by atoms with Gasteiger partial charge in [-0.25, -0.2) is 0 Å². The molecule has 0 spiro atoms. The van der Waals surface area contributed by atoms with Crippen molar-refractivity contribution >= 4 is 39.1 Å². The zero-order valence-corrected chi connectivity index (χ0v) is 14.9. The van der Waals surface area contributed by atoms with Crippen molar-refractivity contribution in [2.75, 3.05) is 7.05 Å². The zero-order valence-electron chi connectivity index (χ0n) is 11.8. The molecule has 0 heterocycles. The van der Waals surface area contributed by atoms with E-state index in [1.54, 1.807) is 12.1 Å². The second-order valence-corrected chi connectivity index (χ2v) is 6.48. The van der Waals surface area contributed by atoms with E-state index < -0.39 is 0 Å². The van der Waals surface area contributed by atoms with Crippen molar-refractivity contribution in [3.05, 3.63) is 62.0 Å². The molecule has 1 N–H and O–H groups in total. The van der Waals surface area contributed by atoms with Crippen LogP contribution in [0.15, 0.2) is 40.9 Å². The minimum atomic E-state index is 0.187. The first-order chi connectivity index (χ1) is 10.0. The molecule has 5 heteroatoms. The van der Waals surface area contributed by atoms with Gasteiger partial charge >= 0.3 is 0 Å². The Kier molecular flexibility index (Phi) is 5.94. The summed E-state index contributed by atoms with van der Waals surface area (Å²) in [5.74, 6) is 0.830. The van der Waals surface area contributed by atoms with Crippen LogP contribution < -0.4 is 10.1 Å². The van der Waals surface area contributed by atoms with Gasteiger partial charge in [-0.15, -0.1) is 0 Å². The summed E-state index contributed by atoms with van der Waals surface area (Å²) in [5, 5.41) is 4.52. The first kappa shape index (κ1) is 16.6. The molecule has 1 unspecified atom stereocenters. The molecule has 0 aliphatic rings. The summed E-state index contributed by atoms with van der Waals surface area (Å²) >= 11 is 15.6. The fraction of sp³-hybridized carbons (Fsp3) is 0.250. The number of hydrogen-bond donors (Lipinski definition) is 1. The molecule has 21 heavy (non-hydrogen) atoms. The summed E-state index contributed by atoms with van der Waals surface area (Å²) in [5.41, 5.74) is 1.96. The molecule has 0 fully saturated rings. The SMILES string of the molecule is CNC(C)c1cc(Br)ccc1OCc1cc(Cl)ccc1Cl. The van der Waals surface area contributed by atoms with Crippen LogP contribution in [0.4, 0.5) is 0 Å². The van der Waals surface area contributed by atoms with Gasteiger partial charge in [0.1, 0.15) is 12.4 Å². The van der Waals surface area contributed by atoms with E-state index in [4.69, 9.17) is 27.9 Å². The molecular formula is C16H16BrCl2NO. The summed E-state index contributed by atoms with van der Waals surface area (Å²) in [7, 11) is 1.92. The van der Waals surface area contributed by atoms with E-state index in [1.165, 1.54) is 0 Å². The van der Waals surface area contributed by atoms with Crippen molar-refractivity contribution in [3.8, 4) is 5.75 Å². The van der Waals surface area contributed by atoms with E-state index >= 15 is 0 Å². The lowest BCUT2D eigenvalue weighted by molar-refractivity contribution is 0.300. The third-order valence-corrected chi connectivity index (χ3v) is 4.36. The fourth-order valence-electron chi connectivity index (χ4n) is 1.95. The van der Waals surface area contributed by atoms with Crippen molar-refractivity contribution in [3.63, 3.8) is 0 Å². The average Bonchev–Trinajstić information content (AvgIpc) is 2.48. The van der Waals surface area contributed by atoms with Gasteiger partial charge in [0, 0.05) is 31.7 Å². The maximum absolute atomic E-state index is 6.16. The molecule has 0 saturated carbocycles. The Hall–Kier alpha value is -0.740. The van der Waals surface area contributed by atoms with Crippen molar-refractivity contribution in [1.82, 2.24) is 5.32 Å². The Morgan fingerprint density at radius 3 is 2.67 bits per heavy atom. The van der Waals surface area contributed by atoms with Gasteiger partial charge in [0.2, 0.25) is 0 Å². The smallest absolute Gasteiger partial charge is 0.124 e. The zero-order chi connectivity index (χ0) is 15.4. The monoisotopic (exact) mass is 387 g/mol. The highest BCUT2D eigenvalue weighted by atomic mass is 79.9. The van der Waals surface area contributed by atoms with Gasteiger partial charge in [-0.2, -0.15) is 0 Å². The van der Waals surface area contributed by atoms with Gasteiger partial charge in [0.15, 0.2) is 0 Å². The molecule has 0 amide bonds. The molecule has 2 aromatic carbocycles. The van der Waals surface area contributed by atoms with E-state index in [1.807, 2.05) is 25.2 Å². The lowest BCUT2D eigenvalue weighted by atomic mass is 10.1. The van der Waals surface area contributed by atoms with Crippen LogP contribution in [-0.2, 0) is 6.61 Å². The minimum Gasteiger partial charge on any atom is -0.489 e. The van der Waals surface area contributed by atoms with Gasteiger partial charge in [-0.1, -0.05) is 39.1 Å². The summed E-state index contributed by atoms with van der Waals surface area (Å²) in [6.07, 6.45) is 0. The maximum atomic E-state index is 6.16. The van der Waals surface area contributed by atoms with E-state index in [0.29, 0.717) is 16.7 Å². The summed E-state index contributed by atoms with van der Waals surface area (Å²) in [4.78, 5) is 0. The van der Waals surface area contributed by atoms with Crippen LogP contribution in [0.5, 0.6) is 5.75 Å². The van der Waals surface area contributed by atoms with Crippen molar-refractivity contribution in [2.45, 2.75) is 19.6 Å². The highest BCUT2D eigenvalue weighted by molar-refractivity contribution is 9.10. The van der Waals surface area contributed by atoms with Gasteiger partial charge in [-0.3, -0.25) is 0 Å². The Morgan fingerprint density at radius 1 is 1.19 bits per heavy atom. The van der Waals surface area contributed by atoms with Crippen LogP contribution in [-0.4, -0.2) is 7.05 Å². The highest BCUT2D eigenvalue weighted by Crippen LogP contribution is 2.30. The van der Waals surface area contributed by atoms with Crippen molar-refractivity contribution in [1.29, 1.82) is 0 Å². The van der Waals surface area contributed by atoms with Crippen LogP contribution in [0.1, 0.15) is 24.1 Å². The number of rotatable bonds is 5. The first-order valence-electron chi connectivity index (χ1n) is 6.54. The predicted octanol–water partition coefficient (Wildman–Crippen LogP) is 5.62. The lowest BCUT2D eigenvalue weighted by Crippen LogP contribution is -2.14. The number of hydrogen-bond acceptors (Lipinski definition) is 2. The minimum absolute atomic E-state index is 0.187. The van der Waals surface area contributed by atoms with Gasteiger partial charge in [0.25, 0.3) is 0 Å². The van der Waals surface area contributed by atoms with Crippen LogP contribution in [0, 0.1) is 0 Å². The summed E-state index contributed by atoms with van der Waals surface area (Å²) < 4.78 is 6.95. The molecule has 1 atom stereocenters. The average molecular weight is 389 g/mol. The van der Waals surface area contributed by atoms with E-state index in [0.717, 1.165) is 21.3 Å². The van der Waals surface area contributed by atoms with Gasteiger partial charge in [0.05, 0.1) is 0 Å². The summed E-state index contributed by atoms with van der Waals surface area (Å²) in [6, 6.07) is 11.5. The molecule has 2 rings (SSSR count). The molecule has 0 aromatic heterocycles. The van der Waals surface area contributed by atoms with Crippen LogP contribution in [0.2, 0.25) is 10.0 Å². The topological polar surface area (TPSA) is 21.3 Å². The molecule has 2 aromatic rings. The number of ether oxygens (including phenoxy) is 1. The predicted molar refractivity (Wildman–Crippen MR) is 92.4 cm³/mol. The lowest BCUT2D eigenvalue weighted by Gasteiger charge is -2.17. The fourth-order valence-corrected chi connectivity index (χ4v) is 2.70. The van der Waals surface area contributed by atoms with Gasteiger partial charge < -0.3 is 10.1 Å². The molecule has 2 nitrogen and oxygen atoms in total. The van der Waals surface area contributed by atoms with Crippen LogP contribution >= 0.6 is 39.1 Å². The number of halogens is 3. The Bertz CT molecular complexity index is 634. The molecule has 0 bridgehead atoms. The van der Waals surface area contributed by atoms with Crippen molar-refractivity contribution in [2.24, 2.45) is 0 Å². The largest absolute Gasteiger partial charge is 0.489 e. The van der Waals surface area contributed by atoms with Crippen molar-refractivity contribution < 1.29 is 4.74 Å². The van der Waals surface area contributed by atoms with E-state index in [-0.39, 0.29) is 6.04 Å². The van der Waals surface area contributed by atoms with Gasteiger partial charge in [-0.05, 0) is 50.4 Å². The second kappa shape index (κ2) is 7.50. The third-order valence-electron chi connectivity index (χ3n) is 3.26. The molecular weight excluding hydrogens is 373 g/mol. The standard InChI is InChI=1S/C16H16BrCl2NO/c1-10(20-2)14-8-12(17)3-6-16(14)21-9-11-7-13(18)4-5-15(11)19/h3-8,10,20H,9H2,1-2H3. The number of benzene rings is 2. The van der Waals surface area contributed by atoms with Crippen LogP contribution in [0.3, 0.4) is 0 Å². The Balaban J connectivity index is 2.21. The molecule has 0 aliphatic heterocycles.